The Kier molecular flexibility index (Phi) is 5.56. The van der Waals surface area contributed by atoms with Gasteiger partial charge in [0.1, 0.15) is 0 Å². The lowest BCUT2D eigenvalue weighted by Crippen LogP contribution is -2.55. The van der Waals surface area contributed by atoms with Crippen LogP contribution < -0.4 is 10.5 Å². The molecule has 0 saturated carbocycles. The van der Waals surface area contributed by atoms with Gasteiger partial charge in [0, 0.05) is 28.4 Å². The van der Waals surface area contributed by atoms with Crippen molar-refractivity contribution in [3.8, 4) is 5.69 Å². The highest BCUT2D eigenvalue weighted by Gasteiger charge is 2.73. The maximum atomic E-state index is 15.4. The zero-order chi connectivity index (χ0) is 26.9. The molecule has 0 spiro atoms. The summed E-state index contributed by atoms with van der Waals surface area (Å²) < 4.78 is 47.2. The van der Waals surface area contributed by atoms with Crippen molar-refractivity contribution in [3.05, 3.63) is 92.5 Å². The van der Waals surface area contributed by atoms with Crippen LogP contribution in [0.4, 0.5) is 18.9 Å². The molecule has 1 atom stereocenters. The first-order valence-corrected chi connectivity index (χ1v) is 12.0. The van der Waals surface area contributed by atoms with Gasteiger partial charge in [0.05, 0.1) is 16.9 Å². The second-order valence-corrected chi connectivity index (χ2v) is 10.7. The van der Waals surface area contributed by atoms with Crippen LogP contribution in [0.25, 0.3) is 5.69 Å². The molecule has 0 fully saturated rings. The highest BCUT2D eigenvalue weighted by atomic mass is 35.5. The molecule has 1 aliphatic heterocycles. The van der Waals surface area contributed by atoms with Gasteiger partial charge in [-0.05, 0) is 49.1 Å². The molecule has 6 nitrogen and oxygen atoms in total. The van der Waals surface area contributed by atoms with Crippen molar-refractivity contribution in [3.63, 3.8) is 0 Å². The highest BCUT2D eigenvalue weighted by Crippen LogP contribution is 2.58. The molecule has 1 aliphatic carbocycles. The van der Waals surface area contributed by atoms with Crippen LogP contribution in [0.15, 0.2) is 70.7 Å². The molecule has 3 aromatic rings. The molecule has 0 bridgehead atoms. The van der Waals surface area contributed by atoms with Gasteiger partial charge in [-0.3, -0.25) is 24.4 Å². The second-order valence-electron chi connectivity index (χ2n) is 10.2. The number of para-hydroxylation sites is 1. The summed E-state index contributed by atoms with van der Waals surface area (Å²) >= 11 is 6.13. The number of H-pyrrole nitrogens is 1. The molecule has 5 rings (SSSR count). The minimum atomic E-state index is -5.30. The standard InChI is InChI=1S/C27H23ClF3N3O3/c1-15-21(23(36)34(32-15)17-9-5-4-6-10-17)26(27(29,30)31)22-19(13-25(2,3)14-20(22)35)33(24(26)37)18-11-7-8-16(28)12-18/h4-12,32H,13-14H2,1-3H3/t26-/m0/s1. The van der Waals surface area contributed by atoms with Gasteiger partial charge in [-0.2, -0.15) is 13.2 Å². The Bertz CT molecular complexity index is 1540. The van der Waals surface area contributed by atoms with Crippen LogP contribution in [0, 0.1) is 12.3 Å². The van der Waals surface area contributed by atoms with E-state index in [1.54, 1.807) is 44.2 Å². The molecule has 192 valence electrons. The fourth-order valence-corrected chi connectivity index (χ4v) is 5.76. The maximum absolute atomic E-state index is 15.4. The topological polar surface area (TPSA) is 75.2 Å². The van der Waals surface area contributed by atoms with Crippen LogP contribution in [0.5, 0.6) is 0 Å². The number of halogens is 4. The fraction of sp³-hybridized carbons (Fsp3) is 0.296. The number of amides is 1. The lowest BCUT2D eigenvalue weighted by atomic mass is 9.66. The Morgan fingerprint density at radius 2 is 1.59 bits per heavy atom. The van der Waals surface area contributed by atoms with Crippen molar-refractivity contribution in [1.29, 1.82) is 0 Å². The summed E-state index contributed by atoms with van der Waals surface area (Å²) in [7, 11) is 0. The van der Waals surface area contributed by atoms with Crippen LogP contribution in [-0.2, 0) is 15.0 Å². The van der Waals surface area contributed by atoms with E-state index >= 15 is 13.2 Å². The predicted octanol–water partition coefficient (Wildman–Crippen LogP) is 5.62. The molecule has 1 N–H and O–H groups in total. The predicted molar refractivity (Wildman–Crippen MR) is 133 cm³/mol. The lowest BCUT2D eigenvalue weighted by molar-refractivity contribution is -0.184. The number of hydrogen-bond acceptors (Lipinski definition) is 3. The van der Waals surface area contributed by atoms with E-state index in [0.29, 0.717) is 5.69 Å². The summed E-state index contributed by atoms with van der Waals surface area (Å²) in [6, 6.07) is 13.9. The van der Waals surface area contributed by atoms with Crippen molar-refractivity contribution >= 4 is 29.0 Å². The van der Waals surface area contributed by atoms with Gasteiger partial charge in [-0.1, -0.05) is 49.7 Å². The molecule has 2 aromatic carbocycles. The van der Waals surface area contributed by atoms with Gasteiger partial charge in [0.25, 0.3) is 11.5 Å². The molecule has 37 heavy (non-hydrogen) atoms. The third-order valence-electron chi connectivity index (χ3n) is 6.97. The minimum Gasteiger partial charge on any atom is -0.295 e. The number of hydrogen-bond donors (Lipinski definition) is 1. The number of nitrogens with zero attached hydrogens (tertiary/aromatic N) is 2. The van der Waals surface area contributed by atoms with Gasteiger partial charge in [0.15, 0.2) is 5.78 Å². The first-order valence-electron chi connectivity index (χ1n) is 11.6. The molecule has 10 heteroatoms. The molecule has 1 amide bonds. The van der Waals surface area contributed by atoms with E-state index in [1.807, 2.05) is 0 Å². The van der Waals surface area contributed by atoms with Crippen LogP contribution in [0.1, 0.15) is 37.9 Å². The SMILES string of the molecule is Cc1[nH]n(-c2ccccc2)c(=O)c1[C@@]1(C(F)(F)F)C(=O)N(c2cccc(Cl)c2)C2=C1C(=O)CC(C)(C)C2. The number of allylic oxidation sites excluding steroid dienone is 1. The van der Waals surface area contributed by atoms with Crippen molar-refractivity contribution in [2.24, 2.45) is 5.41 Å². The van der Waals surface area contributed by atoms with Gasteiger partial charge in [0.2, 0.25) is 5.41 Å². The molecule has 0 saturated heterocycles. The number of Topliss-reactive ketones (excluding diaryl/α,β-unsaturated/α-hetero) is 1. The fourth-order valence-electron chi connectivity index (χ4n) is 5.57. The number of alkyl halides is 3. The van der Waals surface area contributed by atoms with Crippen molar-refractivity contribution < 1.29 is 22.8 Å². The van der Waals surface area contributed by atoms with E-state index in [2.05, 4.69) is 5.10 Å². The molecular weight excluding hydrogens is 507 g/mol. The number of carbonyl (C=O) groups is 2. The van der Waals surface area contributed by atoms with E-state index < -0.39 is 45.4 Å². The van der Waals surface area contributed by atoms with Crippen LogP contribution in [0.2, 0.25) is 5.02 Å². The monoisotopic (exact) mass is 529 g/mol. The van der Waals surface area contributed by atoms with Crippen LogP contribution in [-0.4, -0.2) is 27.6 Å². The summed E-state index contributed by atoms with van der Waals surface area (Å²) in [6.45, 7) is 4.82. The molecule has 0 unspecified atom stereocenters. The number of aryl methyl sites for hydroxylation is 1. The molecule has 0 radical (unpaired) electrons. The van der Waals surface area contributed by atoms with E-state index in [1.165, 1.54) is 31.2 Å². The maximum Gasteiger partial charge on any atom is 0.411 e. The van der Waals surface area contributed by atoms with Crippen molar-refractivity contribution in [2.75, 3.05) is 4.90 Å². The van der Waals surface area contributed by atoms with Gasteiger partial charge in [-0.25, -0.2) is 4.68 Å². The summed E-state index contributed by atoms with van der Waals surface area (Å²) in [4.78, 5) is 42.3. The molecular formula is C27H23ClF3N3O3. The number of aromatic amines is 1. The number of rotatable bonds is 3. The van der Waals surface area contributed by atoms with Gasteiger partial charge < -0.3 is 0 Å². The van der Waals surface area contributed by atoms with Gasteiger partial charge >= 0.3 is 6.18 Å². The van der Waals surface area contributed by atoms with Crippen LogP contribution in [0.3, 0.4) is 0 Å². The lowest BCUT2D eigenvalue weighted by Gasteiger charge is -2.35. The summed E-state index contributed by atoms with van der Waals surface area (Å²) in [6.07, 6.45) is -5.47. The number of nitrogens with one attached hydrogen (secondary N) is 1. The van der Waals surface area contributed by atoms with E-state index in [-0.39, 0.29) is 34.9 Å². The van der Waals surface area contributed by atoms with E-state index in [4.69, 9.17) is 11.6 Å². The van der Waals surface area contributed by atoms with Crippen LogP contribution >= 0.6 is 11.6 Å². The highest BCUT2D eigenvalue weighted by molar-refractivity contribution is 6.31. The third-order valence-corrected chi connectivity index (χ3v) is 7.21. The average molecular weight is 530 g/mol. The second kappa shape index (κ2) is 8.21. The number of benzene rings is 2. The number of aromatic nitrogens is 2. The quantitative estimate of drug-likeness (QED) is 0.479. The Labute approximate surface area is 215 Å². The number of ketones is 1. The summed E-state index contributed by atoms with van der Waals surface area (Å²) in [5.41, 5.74) is -6.55. The molecule has 2 heterocycles. The number of anilines is 1. The summed E-state index contributed by atoms with van der Waals surface area (Å²) in [5.74, 6) is -2.23. The Morgan fingerprint density at radius 1 is 0.946 bits per heavy atom. The molecule has 1 aromatic heterocycles. The third kappa shape index (κ3) is 3.59. The van der Waals surface area contributed by atoms with E-state index in [9.17, 15) is 14.4 Å². The van der Waals surface area contributed by atoms with E-state index in [0.717, 1.165) is 9.58 Å². The molecule has 2 aliphatic rings. The zero-order valence-corrected chi connectivity index (χ0v) is 21.0. The summed E-state index contributed by atoms with van der Waals surface area (Å²) in [5, 5.41) is 2.90. The van der Waals surface area contributed by atoms with Gasteiger partial charge in [-0.15, -0.1) is 0 Å². The minimum absolute atomic E-state index is 0.0283. The van der Waals surface area contributed by atoms with Crippen molar-refractivity contribution in [1.82, 2.24) is 9.78 Å². The largest absolute Gasteiger partial charge is 0.411 e. The van der Waals surface area contributed by atoms with Crippen molar-refractivity contribution in [2.45, 2.75) is 45.2 Å². The number of carbonyl (C=O) groups excluding carboxylic acids is 2. The average Bonchev–Trinajstić information content (AvgIpc) is 3.23. The Balaban J connectivity index is 1.88. The zero-order valence-electron chi connectivity index (χ0n) is 20.2. The Morgan fingerprint density at radius 3 is 2.22 bits per heavy atom. The first kappa shape index (κ1) is 25.1. The first-order chi connectivity index (χ1) is 17.3. The Hall–Kier alpha value is -3.59. The normalized spacial score (nSPS) is 21.5. The smallest absolute Gasteiger partial charge is 0.295 e.